The van der Waals surface area contributed by atoms with E-state index in [0.29, 0.717) is 12.1 Å². The van der Waals surface area contributed by atoms with Crippen LogP contribution >= 0.6 is 11.3 Å². The average Bonchev–Trinajstić information content (AvgIpc) is 2.88. The lowest BCUT2D eigenvalue weighted by molar-refractivity contribution is 0.429. The van der Waals surface area contributed by atoms with Crippen molar-refractivity contribution in [2.75, 3.05) is 0 Å². The molecule has 0 radical (unpaired) electrons. The van der Waals surface area contributed by atoms with Crippen LogP contribution in [0.2, 0.25) is 0 Å². The number of hydrogen-bond donors (Lipinski definition) is 1. The fraction of sp³-hybridized carbons (Fsp3) is 0.385. The molecule has 2 nitrogen and oxygen atoms in total. The molecule has 2 heterocycles. The predicted octanol–water partition coefficient (Wildman–Crippen LogP) is 3.62. The van der Waals surface area contributed by atoms with Gasteiger partial charge in [-0.25, -0.2) is 0 Å². The Labute approximate surface area is 100 Å². The first kappa shape index (κ1) is 11.4. The summed E-state index contributed by atoms with van der Waals surface area (Å²) in [5, 5.41) is 7.87. The molecule has 0 aliphatic carbocycles. The minimum Gasteiger partial charge on any atom is -0.469 e. The Hall–Kier alpha value is -1.06. The van der Waals surface area contributed by atoms with Crippen LogP contribution in [-0.2, 0) is 6.42 Å². The van der Waals surface area contributed by atoms with Crippen molar-refractivity contribution in [2.45, 2.75) is 32.4 Å². The van der Waals surface area contributed by atoms with Gasteiger partial charge >= 0.3 is 0 Å². The number of furan rings is 1. The van der Waals surface area contributed by atoms with E-state index in [4.69, 9.17) is 4.42 Å². The van der Waals surface area contributed by atoms with Crippen LogP contribution in [0, 0.1) is 0 Å². The monoisotopic (exact) mass is 235 g/mol. The second-order valence-corrected chi connectivity index (χ2v) is 4.91. The van der Waals surface area contributed by atoms with E-state index in [2.05, 4.69) is 36.0 Å². The molecule has 0 aromatic carbocycles. The highest BCUT2D eigenvalue weighted by atomic mass is 32.1. The number of nitrogens with one attached hydrogen (secondary N) is 1. The predicted molar refractivity (Wildman–Crippen MR) is 67.7 cm³/mol. The zero-order valence-electron chi connectivity index (χ0n) is 9.64. The largest absolute Gasteiger partial charge is 0.469 e. The molecule has 2 rings (SSSR count). The maximum atomic E-state index is 5.34. The first-order chi connectivity index (χ1) is 7.75. The molecule has 2 aromatic heterocycles. The Morgan fingerprint density at radius 2 is 2.25 bits per heavy atom. The van der Waals surface area contributed by atoms with Crippen molar-refractivity contribution in [3.63, 3.8) is 0 Å². The van der Waals surface area contributed by atoms with Crippen LogP contribution < -0.4 is 5.32 Å². The van der Waals surface area contributed by atoms with Gasteiger partial charge in [0.2, 0.25) is 0 Å². The third-order valence-electron chi connectivity index (χ3n) is 2.67. The fourth-order valence-corrected chi connectivity index (χ4v) is 2.59. The summed E-state index contributed by atoms with van der Waals surface area (Å²) in [6.07, 6.45) is 2.66. The molecule has 0 saturated heterocycles. The maximum absolute atomic E-state index is 5.34. The van der Waals surface area contributed by atoms with Crippen molar-refractivity contribution < 1.29 is 4.42 Å². The summed E-state index contributed by atoms with van der Waals surface area (Å²) in [4.78, 5) is 0. The van der Waals surface area contributed by atoms with Gasteiger partial charge in [-0.1, -0.05) is 0 Å². The summed E-state index contributed by atoms with van der Waals surface area (Å²) < 4.78 is 5.34. The molecule has 2 aromatic rings. The maximum Gasteiger partial charge on any atom is 0.105 e. The first-order valence-electron chi connectivity index (χ1n) is 5.56. The van der Waals surface area contributed by atoms with Crippen molar-refractivity contribution in [2.24, 2.45) is 0 Å². The van der Waals surface area contributed by atoms with Gasteiger partial charge in [-0.15, -0.1) is 0 Å². The standard InChI is InChI=1S/C13H17NOS/c1-10(8-13-4-3-6-15-13)14-11(2)12-5-7-16-9-12/h3-7,9-11,14H,8H2,1-2H3. The van der Waals surface area contributed by atoms with Crippen LogP contribution in [0.15, 0.2) is 39.6 Å². The molecule has 0 aliphatic heterocycles. The van der Waals surface area contributed by atoms with Crippen LogP contribution in [0.5, 0.6) is 0 Å². The molecule has 2 atom stereocenters. The minimum absolute atomic E-state index is 0.399. The molecule has 0 bridgehead atoms. The second-order valence-electron chi connectivity index (χ2n) is 4.13. The van der Waals surface area contributed by atoms with Gasteiger partial charge in [-0.05, 0) is 48.4 Å². The molecular formula is C13H17NOS. The topological polar surface area (TPSA) is 25.2 Å². The molecule has 16 heavy (non-hydrogen) atoms. The quantitative estimate of drug-likeness (QED) is 0.856. The summed E-state index contributed by atoms with van der Waals surface area (Å²) in [7, 11) is 0. The molecule has 0 aliphatic rings. The lowest BCUT2D eigenvalue weighted by Gasteiger charge is -2.18. The molecule has 0 spiro atoms. The number of hydrogen-bond acceptors (Lipinski definition) is 3. The van der Waals surface area contributed by atoms with E-state index in [-0.39, 0.29) is 0 Å². The van der Waals surface area contributed by atoms with Gasteiger partial charge < -0.3 is 9.73 Å². The molecule has 0 fully saturated rings. The molecule has 0 saturated carbocycles. The number of rotatable bonds is 5. The molecular weight excluding hydrogens is 218 g/mol. The van der Waals surface area contributed by atoms with Crippen LogP contribution in [0.3, 0.4) is 0 Å². The Kier molecular flexibility index (Phi) is 3.80. The summed E-state index contributed by atoms with van der Waals surface area (Å²) >= 11 is 1.74. The lowest BCUT2D eigenvalue weighted by atomic mass is 10.1. The van der Waals surface area contributed by atoms with Crippen molar-refractivity contribution in [3.8, 4) is 0 Å². The van der Waals surface area contributed by atoms with Gasteiger partial charge in [0.05, 0.1) is 6.26 Å². The smallest absolute Gasteiger partial charge is 0.105 e. The van der Waals surface area contributed by atoms with E-state index in [1.165, 1.54) is 5.56 Å². The van der Waals surface area contributed by atoms with E-state index in [9.17, 15) is 0 Å². The summed E-state index contributed by atoms with van der Waals surface area (Å²) in [6, 6.07) is 6.94. The van der Waals surface area contributed by atoms with Crippen LogP contribution in [0.4, 0.5) is 0 Å². The Morgan fingerprint density at radius 1 is 1.38 bits per heavy atom. The molecule has 1 N–H and O–H groups in total. The van der Waals surface area contributed by atoms with Gasteiger partial charge in [0.1, 0.15) is 5.76 Å². The molecule has 0 amide bonds. The Bertz CT molecular complexity index is 394. The van der Waals surface area contributed by atoms with E-state index < -0.39 is 0 Å². The van der Waals surface area contributed by atoms with E-state index in [0.717, 1.165) is 12.2 Å². The van der Waals surface area contributed by atoms with Crippen molar-refractivity contribution in [3.05, 3.63) is 46.5 Å². The van der Waals surface area contributed by atoms with E-state index >= 15 is 0 Å². The van der Waals surface area contributed by atoms with Crippen molar-refractivity contribution >= 4 is 11.3 Å². The lowest BCUT2D eigenvalue weighted by Crippen LogP contribution is -2.30. The van der Waals surface area contributed by atoms with Gasteiger partial charge in [-0.2, -0.15) is 11.3 Å². The molecule has 3 heteroatoms. The van der Waals surface area contributed by atoms with E-state index in [1.54, 1.807) is 17.6 Å². The number of thiophene rings is 1. The fourth-order valence-electron chi connectivity index (χ4n) is 1.83. The van der Waals surface area contributed by atoms with Gasteiger partial charge in [0.15, 0.2) is 0 Å². The van der Waals surface area contributed by atoms with Crippen LogP contribution in [0.1, 0.15) is 31.2 Å². The zero-order chi connectivity index (χ0) is 11.4. The highest BCUT2D eigenvalue weighted by Crippen LogP contribution is 2.16. The van der Waals surface area contributed by atoms with Crippen molar-refractivity contribution in [1.29, 1.82) is 0 Å². The van der Waals surface area contributed by atoms with Gasteiger partial charge in [0.25, 0.3) is 0 Å². The second kappa shape index (κ2) is 5.32. The highest BCUT2D eigenvalue weighted by Gasteiger charge is 2.11. The molecule has 2 unspecified atom stereocenters. The van der Waals surface area contributed by atoms with Crippen LogP contribution in [0.25, 0.3) is 0 Å². The SMILES string of the molecule is CC(Cc1ccco1)NC(C)c1ccsc1. The average molecular weight is 235 g/mol. The summed E-state index contributed by atoms with van der Waals surface area (Å²) in [5.41, 5.74) is 1.36. The van der Waals surface area contributed by atoms with Crippen molar-refractivity contribution in [1.82, 2.24) is 5.32 Å². The van der Waals surface area contributed by atoms with Crippen LogP contribution in [-0.4, -0.2) is 6.04 Å². The normalized spacial score (nSPS) is 14.9. The first-order valence-corrected chi connectivity index (χ1v) is 6.50. The van der Waals surface area contributed by atoms with Gasteiger partial charge in [-0.3, -0.25) is 0 Å². The highest BCUT2D eigenvalue weighted by molar-refractivity contribution is 7.07. The Morgan fingerprint density at radius 3 is 2.88 bits per heavy atom. The minimum atomic E-state index is 0.399. The summed E-state index contributed by atoms with van der Waals surface area (Å²) in [6.45, 7) is 4.38. The Balaban J connectivity index is 1.85. The zero-order valence-corrected chi connectivity index (χ0v) is 10.5. The molecule has 86 valence electrons. The third-order valence-corrected chi connectivity index (χ3v) is 3.37. The summed E-state index contributed by atoms with van der Waals surface area (Å²) in [5.74, 6) is 1.04. The third kappa shape index (κ3) is 2.97. The van der Waals surface area contributed by atoms with Gasteiger partial charge in [0, 0.05) is 18.5 Å². The van der Waals surface area contributed by atoms with E-state index in [1.807, 2.05) is 12.1 Å².